The van der Waals surface area contributed by atoms with E-state index in [2.05, 4.69) is 27.8 Å². The third-order valence-electron chi connectivity index (χ3n) is 4.99. The van der Waals surface area contributed by atoms with Crippen molar-refractivity contribution in [2.24, 2.45) is 11.0 Å². The van der Waals surface area contributed by atoms with Crippen molar-refractivity contribution >= 4 is 39.4 Å². The Morgan fingerprint density at radius 2 is 2.20 bits per heavy atom. The summed E-state index contributed by atoms with van der Waals surface area (Å²) >= 11 is 1.51. The number of nitrogens with zero attached hydrogens (tertiary/aromatic N) is 5. The summed E-state index contributed by atoms with van der Waals surface area (Å²) in [5.74, 6) is 0.0572. The summed E-state index contributed by atoms with van der Waals surface area (Å²) in [7, 11) is 0. The van der Waals surface area contributed by atoms with Crippen LogP contribution in [0.3, 0.4) is 0 Å². The summed E-state index contributed by atoms with van der Waals surface area (Å²) in [5, 5.41) is 23.1. The number of aryl methyl sites for hydroxylation is 1. The largest absolute Gasteiger partial charge is 0.279 e. The SMILES string of the molecule is CC1CCc2c(sc3nnn(CC(=O)N/N=C/c4ccc([N+](=O)[O-])cc4)c(=O)c23)C1. The number of nitro groups is 1. The monoisotopic (exact) mass is 426 g/mol. The minimum absolute atomic E-state index is 0.0328. The molecular formula is C19H18N6O4S. The molecule has 1 aromatic carbocycles. The standard InChI is InChI=1S/C19H18N6O4S/c1-11-2-7-14-15(8-11)30-18-17(14)19(27)24(23-22-18)10-16(26)21-20-9-12-3-5-13(6-4-12)25(28)29/h3-6,9,11H,2,7-8,10H2,1H3,(H,21,26)/b20-9+. The molecule has 11 heteroatoms. The number of aromatic nitrogens is 3. The van der Waals surface area contributed by atoms with Gasteiger partial charge in [-0.05, 0) is 48.4 Å². The first-order valence-corrected chi connectivity index (χ1v) is 10.2. The Morgan fingerprint density at radius 1 is 1.43 bits per heavy atom. The van der Waals surface area contributed by atoms with E-state index in [1.807, 2.05) is 0 Å². The Labute approximate surface area is 174 Å². The van der Waals surface area contributed by atoms with E-state index in [-0.39, 0.29) is 17.8 Å². The molecule has 1 amide bonds. The van der Waals surface area contributed by atoms with E-state index in [9.17, 15) is 19.7 Å². The molecular weight excluding hydrogens is 408 g/mol. The number of nitro benzene ring substituents is 1. The van der Waals surface area contributed by atoms with Crippen LogP contribution in [-0.4, -0.2) is 32.0 Å². The van der Waals surface area contributed by atoms with E-state index in [4.69, 9.17) is 0 Å². The average molecular weight is 426 g/mol. The second kappa shape index (κ2) is 8.11. The van der Waals surface area contributed by atoms with Crippen LogP contribution in [0.25, 0.3) is 10.2 Å². The first-order valence-electron chi connectivity index (χ1n) is 9.37. The van der Waals surface area contributed by atoms with Gasteiger partial charge in [-0.1, -0.05) is 12.1 Å². The van der Waals surface area contributed by atoms with Crippen molar-refractivity contribution in [2.45, 2.75) is 32.7 Å². The highest BCUT2D eigenvalue weighted by Gasteiger charge is 2.24. The van der Waals surface area contributed by atoms with Gasteiger partial charge in [0, 0.05) is 17.0 Å². The van der Waals surface area contributed by atoms with Crippen LogP contribution in [0, 0.1) is 16.0 Å². The summed E-state index contributed by atoms with van der Waals surface area (Å²) in [6.45, 7) is 1.89. The molecule has 1 unspecified atom stereocenters. The van der Waals surface area contributed by atoms with Gasteiger partial charge in [-0.15, -0.1) is 16.4 Å². The smallest absolute Gasteiger partial charge is 0.271 e. The van der Waals surface area contributed by atoms with Crippen LogP contribution >= 0.6 is 11.3 Å². The number of hydrogen-bond donors (Lipinski definition) is 1. The minimum atomic E-state index is -0.526. The van der Waals surface area contributed by atoms with Crippen LogP contribution in [0.15, 0.2) is 34.2 Å². The molecule has 4 rings (SSSR count). The van der Waals surface area contributed by atoms with Gasteiger partial charge in [-0.25, -0.2) is 10.1 Å². The first-order chi connectivity index (χ1) is 14.4. The summed E-state index contributed by atoms with van der Waals surface area (Å²) in [5.41, 5.74) is 3.60. The quantitative estimate of drug-likeness (QED) is 0.377. The number of thiophene rings is 1. The lowest BCUT2D eigenvalue weighted by Gasteiger charge is -2.17. The zero-order chi connectivity index (χ0) is 21.3. The lowest BCUT2D eigenvalue weighted by molar-refractivity contribution is -0.384. The average Bonchev–Trinajstić information content (AvgIpc) is 3.08. The summed E-state index contributed by atoms with van der Waals surface area (Å²) in [6, 6.07) is 5.71. The van der Waals surface area contributed by atoms with Crippen molar-refractivity contribution in [3.63, 3.8) is 0 Å². The van der Waals surface area contributed by atoms with Crippen LogP contribution in [-0.2, 0) is 24.2 Å². The Hall–Kier alpha value is -3.47. The van der Waals surface area contributed by atoms with Crippen molar-refractivity contribution in [3.05, 3.63) is 60.7 Å². The van der Waals surface area contributed by atoms with Crippen LogP contribution < -0.4 is 11.0 Å². The number of nitrogens with one attached hydrogen (secondary N) is 1. The summed E-state index contributed by atoms with van der Waals surface area (Å²) in [4.78, 5) is 37.0. The van der Waals surface area contributed by atoms with E-state index in [0.29, 0.717) is 21.7 Å². The molecule has 1 aliphatic rings. The van der Waals surface area contributed by atoms with Crippen LogP contribution in [0.1, 0.15) is 29.3 Å². The zero-order valence-electron chi connectivity index (χ0n) is 16.1. The van der Waals surface area contributed by atoms with Crippen LogP contribution in [0.5, 0.6) is 0 Å². The Kier molecular flexibility index (Phi) is 5.36. The fourth-order valence-corrected chi connectivity index (χ4v) is 4.75. The maximum atomic E-state index is 12.9. The molecule has 0 saturated heterocycles. The Balaban J connectivity index is 1.46. The summed E-state index contributed by atoms with van der Waals surface area (Å²) in [6.07, 6.45) is 4.16. The van der Waals surface area contributed by atoms with Crippen LogP contribution in [0.2, 0.25) is 0 Å². The fraction of sp³-hybridized carbons (Fsp3) is 0.316. The molecule has 0 saturated carbocycles. The van der Waals surface area contributed by atoms with Gasteiger partial charge in [0.05, 0.1) is 16.5 Å². The number of fused-ring (bicyclic) bond motifs is 3. The Morgan fingerprint density at radius 3 is 2.93 bits per heavy atom. The number of rotatable bonds is 5. The molecule has 0 fully saturated rings. The van der Waals surface area contributed by atoms with Gasteiger partial charge >= 0.3 is 0 Å². The number of benzene rings is 1. The molecule has 30 heavy (non-hydrogen) atoms. The predicted octanol–water partition coefficient (Wildman–Crippen LogP) is 2.04. The molecule has 1 atom stereocenters. The number of carbonyl (C=O) groups excluding carboxylic acids is 1. The maximum absolute atomic E-state index is 12.9. The minimum Gasteiger partial charge on any atom is -0.271 e. The van der Waals surface area contributed by atoms with E-state index in [1.165, 1.54) is 46.7 Å². The van der Waals surface area contributed by atoms with Gasteiger partial charge < -0.3 is 0 Å². The molecule has 3 aromatic rings. The molecule has 154 valence electrons. The van der Waals surface area contributed by atoms with E-state index in [1.54, 1.807) is 0 Å². The fourth-order valence-electron chi connectivity index (χ4n) is 3.43. The topological polar surface area (TPSA) is 132 Å². The molecule has 2 heterocycles. The van der Waals surface area contributed by atoms with Gasteiger partial charge in [-0.3, -0.25) is 19.7 Å². The van der Waals surface area contributed by atoms with Crippen molar-refractivity contribution in [1.29, 1.82) is 0 Å². The highest BCUT2D eigenvalue weighted by Crippen LogP contribution is 2.35. The summed E-state index contributed by atoms with van der Waals surface area (Å²) < 4.78 is 1.05. The van der Waals surface area contributed by atoms with Gasteiger partial charge in [0.1, 0.15) is 6.54 Å². The van der Waals surface area contributed by atoms with Crippen molar-refractivity contribution in [2.75, 3.05) is 0 Å². The van der Waals surface area contributed by atoms with Crippen molar-refractivity contribution in [1.82, 2.24) is 20.4 Å². The lowest BCUT2D eigenvalue weighted by atomic mass is 9.89. The number of amides is 1. The number of carbonyl (C=O) groups is 1. The normalized spacial score (nSPS) is 16.0. The number of hydrogen-bond acceptors (Lipinski definition) is 8. The van der Waals surface area contributed by atoms with E-state index < -0.39 is 10.8 Å². The maximum Gasteiger partial charge on any atom is 0.279 e. The van der Waals surface area contributed by atoms with Crippen LogP contribution in [0.4, 0.5) is 5.69 Å². The van der Waals surface area contributed by atoms with Crippen molar-refractivity contribution in [3.8, 4) is 0 Å². The molecule has 0 aliphatic heterocycles. The third-order valence-corrected chi connectivity index (χ3v) is 6.12. The van der Waals surface area contributed by atoms with E-state index >= 15 is 0 Å². The van der Waals surface area contributed by atoms with Gasteiger partial charge in [0.15, 0.2) is 4.83 Å². The molecule has 0 spiro atoms. The second-order valence-corrected chi connectivity index (χ2v) is 8.31. The molecule has 0 bridgehead atoms. The van der Waals surface area contributed by atoms with E-state index in [0.717, 1.165) is 29.5 Å². The molecule has 2 aromatic heterocycles. The number of non-ortho nitro benzene ring substituents is 1. The molecule has 1 aliphatic carbocycles. The predicted molar refractivity (Wildman–Crippen MR) is 112 cm³/mol. The van der Waals surface area contributed by atoms with Gasteiger partial charge in [0.25, 0.3) is 17.2 Å². The molecule has 0 radical (unpaired) electrons. The molecule has 10 nitrogen and oxygen atoms in total. The highest BCUT2D eigenvalue weighted by atomic mass is 32.1. The van der Waals surface area contributed by atoms with Gasteiger partial charge in [-0.2, -0.15) is 5.10 Å². The first kappa shape index (κ1) is 19.8. The van der Waals surface area contributed by atoms with Crippen molar-refractivity contribution < 1.29 is 9.72 Å². The second-order valence-electron chi connectivity index (χ2n) is 7.23. The lowest BCUT2D eigenvalue weighted by Crippen LogP contribution is -2.32. The highest BCUT2D eigenvalue weighted by molar-refractivity contribution is 7.18. The van der Waals surface area contributed by atoms with Gasteiger partial charge in [0.2, 0.25) is 0 Å². The molecule has 1 N–H and O–H groups in total. The zero-order valence-corrected chi connectivity index (χ0v) is 16.9. The Bertz CT molecular complexity index is 1210. The third kappa shape index (κ3) is 3.96. The number of hydrazone groups is 1.